The molecule has 6 nitrogen and oxygen atoms in total. The zero-order valence-electron chi connectivity index (χ0n) is 19.0. The van der Waals surface area contributed by atoms with Crippen molar-refractivity contribution in [3.8, 4) is 0 Å². The minimum absolute atomic E-state index is 0. The molecule has 1 aliphatic rings. The summed E-state index contributed by atoms with van der Waals surface area (Å²) in [6, 6.07) is 28.1. The summed E-state index contributed by atoms with van der Waals surface area (Å²) in [5.74, 6) is -0.497. The zero-order valence-corrected chi connectivity index (χ0v) is 21.2. The minimum atomic E-state index is -1.28. The molecule has 0 amide bonds. The number of esters is 1. The third-order valence-electron chi connectivity index (χ3n) is 5.25. The van der Waals surface area contributed by atoms with Gasteiger partial charge in [-0.2, -0.15) is 0 Å². The van der Waals surface area contributed by atoms with Crippen LogP contribution in [0.15, 0.2) is 91.0 Å². The predicted octanol–water partition coefficient (Wildman–Crippen LogP) is 3.55. The Hall–Kier alpha value is -3.97. The first-order chi connectivity index (χ1) is 16.2. The van der Waals surface area contributed by atoms with Crippen molar-refractivity contribution in [1.29, 1.82) is 0 Å². The molecular formula is C27H27BNoO6-. The standard InChI is InChI=1S/C27H27O6.B.No/c28-26(22-14-8-3-9-15-22)33-24-16-23(19-30-17-20-10-4-1-5-11-20)32-27(29)25(24)31-18-21-12-6-2-7-13-21;;/h1-16,23-25,27,29H,17-19H2;;/q-1;;/t23-,24?,25?,27?;;/m0../s1. The molecule has 35 heavy (non-hydrogen) atoms. The van der Waals surface area contributed by atoms with Crippen LogP contribution in [0.3, 0.4) is 0 Å². The van der Waals surface area contributed by atoms with Crippen molar-refractivity contribution < 1.29 is 28.8 Å². The van der Waals surface area contributed by atoms with Gasteiger partial charge in [0.05, 0.1) is 18.8 Å². The largest absolute Gasteiger partial charge is 0.489 e. The van der Waals surface area contributed by atoms with Crippen LogP contribution in [0.5, 0.6) is 0 Å². The van der Waals surface area contributed by atoms with Gasteiger partial charge in [-0.3, -0.25) is 6.42 Å². The summed E-state index contributed by atoms with van der Waals surface area (Å²) in [6.07, 6.45) is -1.81. The monoisotopic (exact) mass is 717 g/mol. The first-order valence-corrected chi connectivity index (χ1v) is 10.9. The average Bonchev–Trinajstić information content (AvgIpc) is 2.85. The first-order valence-electron chi connectivity index (χ1n) is 10.9. The van der Waals surface area contributed by atoms with Crippen LogP contribution in [-0.4, -0.2) is 50.7 Å². The van der Waals surface area contributed by atoms with E-state index in [1.165, 1.54) is 0 Å². The number of ether oxygens (including phenoxy) is 4. The smallest absolute Gasteiger partial charge is 0.335 e. The van der Waals surface area contributed by atoms with E-state index in [-0.39, 0.29) is 21.6 Å². The van der Waals surface area contributed by atoms with E-state index in [0.717, 1.165) is 11.1 Å². The number of benzene rings is 3. The predicted molar refractivity (Wildman–Crippen MR) is 128 cm³/mol. The molecule has 1 N–H and O–H groups in total. The van der Waals surface area contributed by atoms with E-state index in [0.29, 0.717) is 12.2 Å². The molecule has 8 heteroatoms. The van der Waals surface area contributed by atoms with Crippen LogP contribution in [0.1, 0.15) is 21.5 Å². The zero-order chi connectivity index (χ0) is 22.9. The number of hydrogen-bond acceptors (Lipinski definition) is 6. The van der Waals surface area contributed by atoms with Gasteiger partial charge in [-0.15, -0.1) is 0 Å². The fraction of sp³-hybridized carbons (Fsp3) is 0.259. The molecule has 0 bridgehead atoms. The molecule has 1 heterocycles. The van der Waals surface area contributed by atoms with Crippen molar-refractivity contribution in [2.24, 2.45) is 0 Å². The Kier molecular flexibility index (Phi) is 10.7. The third kappa shape index (κ3) is 7.79. The number of rotatable bonds is 9. The maximum Gasteiger partial charge on any atom is 0.335 e. The summed E-state index contributed by atoms with van der Waals surface area (Å²) >= 11 is 0. The van der Waals surface area contributed by atoms with Gasteiger partial charge in [0, 0.05) is 21.1 Å². The average molecular weight is 717 g/mol. The molecule has 1 saturated heterocycles. The van der Waals surface area contributed by atoms with Crippen molar-refractivity contribution in [2.45, 2.75) is 37.8 Å². The van der Waals surface area contributed by atoms with E-state index in [9.17, 15) is 9.90 Å². The Balaban J connectivity index is 0.00000216. The van der Waals surface area contributed by atoms with Crippen LogP contribution < -0.4 is 0 Å². The van der Waals surface area contributed by atoms with Gasteiger partial charge in [0.1, 0.15) is 6.10 Å². The van der Waals surface area contributed by atoms with Gasteiger partial charge in [-0.1, -0.05) is 78.9 Å². The SMILES string of the molecule is O=C(OC1[CH-][C@@H](COCc2ccccc2)OC(O)C1OCc1ccccc1)c1ccccc1.[B].[No]. The van der Waals surface area contributed by atoms with Gasteiger partial charge in [-0.25, -0.2) is 4.79 Å². The summed E-state index contributed by atoms with van der Waals surface area (Å²) in [5, 5.41) is 10.7. The molecule has 189 valence electrons. The molecule has 1 aliphatic heterocycles. The fourth-order valence-corrected chi connectivity index (χ4v) is 3.56. The van der Waals surface area contributed by atoms with Gasteiger partial charge < -0.3 is 24.1 Å². The molecule has 1 fully saturated rings. The van der Waals surface area contributed by atoms with Crippen LogP contribution in [0.4, 0.5) is 0 Å². The second-order valence-electron chi connectivity index (χ2n) is 7.76. The van der Waals surface area contributed by atoms with Gasteiger partial charge in [0.25, 0.3) is 0 Å². The molecule has 4 atom stereocenters. The quantitative estimate of drug-likeness (QED) is 0.208. The van der Waals surface area contributed by atoms with Gasteiger partial charge in [0.15, 0.2) is 6.29 Å². The Morgan fingerprint density at radius 2 is 1.40 bits per heavy atom. The molecule has 3 unspecified atom stereocenters. The van der Waals surface area contributed by atoms with Gasteiger partial charge in [0.2, 0.25) is 0 Å². The van der Waals surface area contributed by atoms with Crippen molar-refractivity contribution in [1.82, 2.24) is 0 Å². The summed E-state index contributed by atoms with van der Waals surface area (Å²) in [6.45, 7) is 0.859. The van der Waals surface area contributed by atoms with E-state index in [1.807, 2.05) is 66.7 Å². The van der Waals surface area contributed by atoms with Gasteiger partial charge in [-0.05, 0) is 29.4 Å². The Labute approximate surface area is 202 Å². The van der Waals surface area contributed by atoms with E-state index in [2.05, 4.69) is 0 Å². The Morgan fingerprint density at radius 1 is 0.857 bits per heavy atom. The second-order valence-corrected chi connectivity index (χ2v) is 7.76. The summed E-state index contributed by atoms with van der Waals surface area (Å²) in [5.41, 5.74) is 2.39. The van der Waals surface area contributed by atoms with E-state index >= 15 is 0 Å². The third-order valence-corrected chi connectivity index (χ3v) is 5.25. The molecule has 0 aliphatic carbocycles. The molecule has 3 aromatic rings. The maximum absolute atomic E-state index is 12.7. The molecule has 0 aromatic heterocycles. The number of aliphatic hydroxyl groups excluding tert-OH is 1. The van der Waals surface area contributed by atoms with E-state index in [4.69, 9.17) is 18.9 Å². The van der Waals surface area contributed by atoms with Crippen LogP contribution >= 0.6 is 0 Å². The van der Waals surface area contributed by atoms with E-state index in [1.54, 1.807) is 30.7 Å². The summed E-state index contributed by atoms with van der Waals surface area (Å²) < 4.78 is 23.1. The molecule has 3 radical (unpaired) electrons. The summed E-state index contributed by atoms with van der Waals surface area (Å²) in [4.78, 5) is 12.7. The molecule has 0 spiro atoms. The Morgan fingerprint density at radius 3 is 2.00 bits per heavy atom. The fourth-order valence-electron chi connectivity index (χ4n) is 3.56. The maximum atomic E-state index is 12.7. The summed E-state index contributed by atoms with van der Waals surface area (Å²) in [7, 11) is 0. The molecule has 0 saturated carbocycles. The minimum Gasteiger partial charge on any atom is -0.489 e. The number of carbonyl (C=O) groups is 1. The van der Waals surface area contributed by atoms with Crippen LogP contribution in [-0.2, 0) is 32.2 Å². The van der Waals surface area contributed by atoms with Crippen molar-refractivity contribution in [3.05, 3.63) is 114 Å². The van der Waals surface area contributed by atoms with Crippen LogP contribution in [0.2, 0.25) is 0 Å². The van der Waals surface area contributed by atoms with Crippen LogP contribution in [0, 0.1) is 6.42 Å². The number of carbonyl (C=O) groups excluding carboxylic acids is 1. The molecule has 3 aromatic carbocycles. The topological polar surface area (TPSA) is 74.2 Å². The van der Waals surface area contributed by atoms with Crippen molar-refractivity contribution in [3.63, 3.8) is 0 Å². The second kappa shape index (κ2) is 13.7. The Bertz CT molecular complexity index is 992. The van der Waals surface area contributed by atoms with Crippen LogP contribution in [0.25, 0.3) is 0 Å². The molecule has 4 rings (SSSR count). The first kappa shape index (κ1) is 27.3. The number of hydrogen-bond donors (Lipinski definition) is 1. The number of aliphatic hydroxyl groups is 1. The van der Waals surface area contributed by atoms with Crippen molar-refractivity contribution in [2.75, 3.05) is 6.61 Å². The normalized spacial score (nSPS) is 21.3. The molecular weight excluding hydrogens is 690 g/mol. The van der Waals surface area contributed by atoms with Crippen molar-refractivity contribution >= 4 is 14.4 Å². The van der Waals surface area contributed by atoms with Gasteiger partial charge >= 0.3 is 5.97 Å². The van der Waals surface area contributed by atoms with E-state index < -0.39 is 30.6 Å².